The molecule has 17 heavy (non-hydrogen) atoms. The molecule has 0 spiro atoms. The van der Waals surface area contributed by atoms with E-state index in [0.717, 1.165) is 31.4 Å². The van der Waals surface area contributed by atoms with Crippen LogP contribution in [0.5, 0.6) is 0 Å². The monoisotopic (exact) mass is 231 g/mol. The lowest BCUT2D eigenvalue weighted by Crippen LogP contribution is -2.18. The molecule has 0 saturated heterocycles. The third kappa shape index (κ3) is 1.74. The predicted molar refractivity (Wildman–Crippen MR) is 68.4 cm³/mol. The number of aromatic nitrogens is 1. The number of hydrogen-bond donors (Lipinski definition) is 0. The fourth-order valence-corrected chi connectivity index (χ4v) is 3.15. The van der Waals surface area contributed by atoms with Crippen molar-refractivity contribution >= 4 is 5.78 Å². The van der Waals surface area contributed by atoms with Gasteiger partial charge in [0, 0.05) is 29.9 Å². The van der Waals surface area contributed by atoms with E-state index in [2.05, 4.69) is 24.5 Å². The van der Waals surface area contributed by atoms with E-state index in [4.69, 9.17) is 0 Å². The van der Waals surface area contributed by atoms with Gasteiger partial charge in [0.1, 0.15) is 0 Å². The molecule has 1 aromatic heterocycles. The molecule has 1 aromatic rings. The van der Waals surface area contributed by atoms with Gasteiger partial charge in [-0.15, -0.1) is 0 Å². The van der Waals surface area contributed by atoms with Gasteiger partial charge < -0.3 is 4.57 Å². The summed E-state index contributed by atoms with van der Waals surface area (Å²) in [6, 6.07) is 2.11. The minimum atomic E-state index is 0.356. The molecule has 2 aliphatic rings. The van der Waals surface area contributed by atoms with Gasteiger partial charge in [0.2, 0.25) is 0 Å². The average Bonchev–Trinajstić information content (AvgIpc) is 3.02. The number of rotatable bonds is 3. The molecule has 2 heteroatoms. The number of ketones is 1. The molecule has 0 amide bonds. The molecule has 0 bridgehead atoms. The fraction of sp³-hybridized carbons (Fsp3) is 0.667. The lowest BCUT2D eigenvalue weighted by atomic mass is 9.96. The smallest absolute Gasteiger partial charge is 0.164 e. The first-order valence-corrected chi connectivity index (χ1v) is 6.87. The van der Waals surface area contributed by atoms with Gasteiger partial charge in [-0.1, -0.05) is 6.92 Å². The van der Waals surface area contributed by atoms with Crippen molar-refractivity contribution < 1.29 is 4.79 Å². The summed E-state index contributed by atoms with van der Waals surface area (Å²) in [4.78, 5) is 11.9. The zero-order valence-corrected chi connectivity index (χ0v) is 10.9. The summed E-state index contributed by atoms with van der Waals surface area (Å²) >= 11 is 0. The second kappa shape index (κ2) is 3.72. The molecule has 1 fully saturated rings. The average molecular weight is 231 g/mol. The Morgan fingerprint density at radius 3 is 2.76 bits per heavy atom. The Morgan fingerprint density at radius 1 is 1.35 bits per heavy atom. The van der Waals surface area contributed by atoms with Crippen molar-refractivity contribution in [2.75, 3.05) is 0 Å². The van der Waals surface area contributed by atoms with E-state index in [-0.39, 0.29) is 0 Å². The van der Waals surface area contributed by atoms with Crippen LogP contribution in [0.1, 0.15) is 60.8 Å². The van der Waals surface area contributed by atoms with Crippen LogP contribution < -0.4 is 0 Å². The number of carbonyl (C=O) groups excluding carboxylic acids is 1. The number of hydrogen-bond acceptors (Lipinski definition) is 1. The minimum Gasteiger partial charge on any atom is -0.348 e. The van der Waals surface area contributed by atoms with Gasteiger partial charge in [-0.2, -0.15) is 0 Å². The van der Waals surface area contributed by atoms with Crippen LogP contribution in [0.2, 0.25) is 0 Å². The summed E-state index contributed by atoms with van der Waals surface area (Å²) in [5, 5.41) is 0. The van der Waals surface area contributed by atoms with Crippen molar-refractivity contribution in [1.29, 1.82) is 0 Å². The Morgan fingerprint density at radius 2 is 2.12 bits per heavy atom. The van der Waals surface area contributed by atoms with Crippen molar-refractivity contribution in [3.63, 3.8) is 0 Å². The number of aryl methyl sites for hydroxylation is 1. The van der Waals surface area contributed by atoms with E-state index >= 15 is 0 Å². The van der Waals surface area contributed by atoms with Crippen molar-refractivity contribution in [2.24, 2.45) is 5.41 Å². The Balaban J connectivity index is 1.96. The first-order chi connectivity index (χ1) is 8.15. The van der Waals surface area contributed by atoms with E-state index in [0.29, 0.717) is 11.2 Å². The maximum Gasteiger partial charge on any atom is 0.164 e. The summed E-state index contributed by atoms with van der Waals surface area (Å²) in [6.45, 7) is 5.58. The summed E-state index contributed by atoms with van der Waals surface area (Å²) in [6.07, 6.45) is 6.87. The molecule has 3 rings (SSSR count). The van der Waals surface area contributed by atoms with Crippen LogP contribution in [0.3, 0.4) is 0 Å². The molecular weight excluding hydrogens is 210 g/mol. The van der Waals surface area contributed by atoms with Gasteiger partial charge in [-0.05, 0) is 50.5 Å². The fourth-order valence-electron chi connectivity index (χ4n) is 3.15. The van der Waals surface area contributed by atoms with Crippen LogP contribution in [0.15, 0.2) is 6.07 Å². The summed E-state index contributed by atoms with van der Waals surface area (Å²) in [5.41, 5.74) is 4.17. The van der Waals surface area contributed by atoms with E-state index in [1.165, 1.54) is 30.7 Å². The second-order valence-electron chi connectivity index (χ2n) is 5.86. The molecule has 2 nitrogen and oxygen atoms in total. The Kier molecular flexibility index (Phi) is 2.42. The van der Waals surface area contributed by atoms with E-state index in [9.17, 15) is 4.79 Å². The zero-order chi connectivity index (χ0) is 12.0. The topological polar surface area (TPSA) is 22.0 Å². The molecule has 1 saturated carbocycles. The molecule has 0 N–H and O–H groups in total. The molecule has 0 unspecified atom stereocenters. The highest BCUT2D eigenvalue weighted by Crippen LogP contribution is 2.50. The maximum absolute atomic E-state index is 11.9. The standard InChI is InChI=1S/C15H21NO/c1-3-15(7-8-15)10-16-11(2)9-12-13(16)5-4-6-14(12)17/h9H,3-8,10H2,1-2H3. The Labute approximate surface area is 103 Å². The highest BCUT2D eigenvalue weighted by atomic mass is 16.1. The molecule has 2 aliphatic carbocycles. The Bertz CT molecular complexity index is 466. The van der Waals surface area contributed by atoms with Crippen LogP contribution in [-0.4, -0.2) is 10.4 Å². The lowest BCUT2D eigenvalue weighted by molar-refractivity contribution is 0.0971. The minimum absolute atomic E-state index is 0.356. The van der Waals surface area contributed by atoms with Crippen LogP contribution in [0, 0.1) is 12.3 Å². The van der Waals surface area contributed by atoms with E-state index < -0.39 is 0 Å². The van der Waals surface area contributed by atoms with E-state index in [1.807, 2.05) is 0 Å². The Hall–Kier alpha value is -1.05. The van der Waals surface area contributed by atoms with Crippen molar-refractivity contribution in [2.45, 2.75) is 58.9 Å². The second-order valence-corrected chi connectivity index (χ2v) is 5.86. The van der Waals surface area contributed by atoms with Crippen molar-refractivity contribution in [3.8, 4) is 0 Å². The number of carbonyl (C=O) groups is 1. The third-order valence-electron chi connectivity index (χ3n) is 4.73. The normalized spacial score (nSPS) is 21.4. The van der Waals surface area contributed by atoms with Gasteiger partial charge in [-0.3, -0.25) is 4.79 Å². The van der Waals surface area contributed by atoms with Gasteiger partial charge >= 0.3 is 0 Å². The number of fused-ring (bicyclic) bond motifs is 1. The van der Waals surface area contributed by atoms with Crippen LogP contribution in [0.4, 0.5) is 0 Å². The molecule has 0 aliphatic heterocycles. The molecular formula is C15H21NO. The van der Waals surface area contributed by atoms with E-state index in [1.54, 1.807) is 0 Å². The molecule has 0 atom stereocenters. The summed E-state index contributed by atoms with van der Waals surface area (Å²) in [5.74, 6) is 0.356. The SMILES string of the molecule is CCC1(Cn2c(C)cc3c2CCCC3=O)CC1. The third-order valence-corrected chi connectivity index (χ3v) is 4.73. The molecule has 0 aromatic carbocycles. The van der Waals surface area contributed by atoms with Gasteiger partial charge in [0.25, 0.3) is 0 Å². The van der Waals surface area contributed by atoms with Crippen molar-refractivity contribution in [1.82, 2.24) is 4.57 Å². The van der Waals surface area contributed by atoms with Crippen LogP contribution >= 0.6 is 0 Å². The van der Waals surface area contributed by atoms with Gasteiger partial charge in [-0.25, -0.2) is 0 Å². The summed E-state index contributed by atoms with van der Waals surface area (Å²) in [7, 11) is 0. The highest BCUT2D eigenvalue weighted by Gasteiger charge is 2.41. The quantitative estimate of drug-likeness (QED) is 0.780. The zero-order valence-electron chi connectivity index (χ0n) is 10.9. The van der Waals surface area contributed by atoms with Crippen LogP contribution in [-0.2, 0) is 13.0 Å². The highest BCUT2D eigenvalue weighted by molar-refractivity contribution is 5.98. The van der Waals surface area contributed by atoms with Crippen LogP contribution in [0.25, 0.3) is 0 Å². The summed E-state index contributed by atoms with van der Waals surface area (Å²) < 4.78 is 2.43. The van der Waals surface area contributed by atoms with Crippen molar-refractivity contribution in [3.05, 3.63) is 23.0 Å². The maximum atomic E-state index is 11.9. The van der Waals surface area contributed by atoms with Gasteiger partial charge in [0.15, 0.2) is 5.78 Å². The first-order valence-electron chi connectivity index (χ1n) is 6.87. The van der Waals surface area contributed by atoms with Gasteiger partial charge in [0.05, 0.1) is 0 Å². The predicted octanol–water partition coefficient (Wildman–Crippen LogP) is 3.51. The molecule has 1 heterocycles. The first kappa shape index (κ1) is 11.1. The molecule has 0 radical (unpaired) electrons. The number of Topliss-reactive ketones (excluding diaryl/α,β-unsaturated/α-hetero) is 1. The largest absolute Gasteiger partial charge is 0.348 e. The number of nitrogens with zero attached hydrogens (tertiary/aromatic N) is 1. The molecule has 92 valence electrons. The lowest BCUT2D eigenvalue weighted by Gasteiger charge is -2.20.